The molecular formula is C11H19N. The molecule has 0 atom stereocenters. The largest absolute Gasteiger partial charge is 0.303 e. The second kappa shape index (κ2) is 5.22. The lowest BCUT2D eigenvalue weighted by molar-refractivity contribution is 0.315. The average molecular weight is 165 g/mol. The van der Waals surface area contributed by atoms with Crippen molar-refractivity contribution in [3.8, 4) is 11.8 Å². The molecule has 1 aliphatic rings. The molecule has 0 bridgehead atoms. The van der Waals surface area contributed by atoms with E-state index in [-0.39, 0.29) is 0 Å². The van der Waals surface area contributed by atoms with Gasteiger partial charge >= 0.3 is 0 Å². The molecule has 0 saturated heterocycles. The first-order chi connectivity index (χ1) is 5.83. The van der Waals surface area contributed by atoms with Gasteiger partial charge in [0.15, 0.2) is 0 Å². The molecule has 0 aromatic rings. The number of nitrogens with one attached hydrogen (secondary N) is 1. The predicted molar refractivity (Wildman–Crippen MR) is 52.9 cm³/mol. The molecule has 68 valence electrons. The average Bonchev–Trinajstić information content (AvgIpc) is 2.09. The molecule has 0 spiro atoms. The molecule has 0 aromatic carbocycles. The summed E-state index contributed by atoms with van der Waals surface area (Å²) in [5, 5.41) is 3.47. The Kier molecular flexibility index (Phi) is 4.18. The SMILES string of the molecule is CC#CCNC1CCC(C)CC1. The molecule has 1 N–H and O–H groups in total. The summed E-state index contributed by atoms with van der Waals surface area (Å²) >= 11 is 0. The van der Waals surface area contributed by atoms with Gasteiger partial charge in [-0.05, 0) is 38.5 Å². The van der Waals surface area contributed by atoms with E-state index in [0.29, 0.717) is 0 Å². The highest BCUT2D eigenvalue weighted by molar-refractivity contribution is 4.97. The van der Waals surface area contributed by atoms with Gasteiger partial charge in [-0.3, -0.25) is 0 Å². The predicted octanol–water partition coefficient (Wildman–Crippen LogP) is 2.18. The van der Waals surface area contributed by atoms with E-state index in [0.717, 1.165) is 18.5 Å². The van der Waals surface area contributed by atoms with Crippen LogP contribution in [-0.2, 0) is 0 Å². The third-order valence-electron chi connectivity index (χ3n) is 2.67. The van der Waals surface area contributed by atoms with Gasteiger partial charge in [0.2, 0.25) is 0 Å². The Morgan fingerprint density at radius 3 is 2.50 bits per heavy atom. The van der Waals surface area contributed by atoms with E-state index in [1.807, 2.05) is 6.92 Å². The first kappa shape index (κ1) is 9.61. The molecule has 0 aromatic heterocycles. The summed E-state index contributed by atoms with van der Waals surface area (Å²) < 4.78 is 0. The van der Waals surface area contributed by atoms with E-state index < -0.39 is 0 Å². The summed E-state index contributed by atoms with van der Waals surface area (Å²) in [5.41, 5.74) is 0. The summed E-state index contributed by atoms with van der Waals surface area (Å²) in [6, 6.07) is 0.738. The van der Waals surface area contributed by atoms with Gasteiger partial charge in [0, 0.05) is 6.04 Å². The number of hydrogen-bond acceptors (Lipinski definition) is 1. The van der Waals surface area contributed by atoms with Crippen LogP contribution in [0.1, 0.15) is 39.5 Å². The molecule has 0 heterocycles. The minimum absolute atomic E-state index is 0.738. The first-order valence-electron chi connectivity index (χ1n) is 4.96. The monoisotopic (exact) mass is 165 g/mol. The fourth-order valence-corrected chi connectivity index (χ4v) is 1.75. The van der Waals surface area contributed by atoms with Crippen LogP contribution in [0.15, 0.2) is 0 Å². The standard InChI is InChI=1S/C11H19N/c1-3-4-9-12-11-7-5-10(2)6-8-11/h10-12H,5-9H2,1-2H3. The smallest absolute Gasteiger partial charge is 0.0578 e. The van der Waals surface area contributed by atoms with Gasteiger partial charge in [-0.2, -0.15) is 0 Å². The minimum atomic E-state index is 0.738. The van der Waals surface area contributed by atoms with E-state index in [1.165, 1.54) is 25.7 Å². The molecular weight excluding hydrogens is 146 g/mol. The van der Waals surface area contributed by atoms with Gasteiger partial charge in [0.05, 0.1) is 6.54 Å². The normalized spacial score (nSPS) is 29.2. The highest BCUT2D eigenvalue weighted by Gasteiger charge is 2.16. The fourth-order valence-electron chi connectivity index (χ4n) is 1.75. The van der Waals surface area contributed by atoms with Crippen molar-refractivity contribution in [2.45, 2.75) is 45.6 Å². The van der Waals surface area contributed by atoms with Crippen LogP contribution in [0.2, 0.25) is 0 Å². The van der Waals surface area contributed by atoms with E-state index >= 15 is 0 Å². The van der Waals surface area contributed by atoms with Crippen LogP contribution in [-0.4, -0.2) is 12.6 Å². The molecule has 0 radical (unpaired) electrons. The van der Waals surface area contributed by atoms with Crippen molar-refractivity contribution in [2.24, 2.45) is 5.92 Å². The van der Waals surface area contributed by atoms with Crippen LogP contribution in [0, 0.1) is 17.8 Å². The molecule has 1 rings (SSSR count). The second-order valence-electron chi connectivity index (χ2n) is 3.76. The van der Waals surface area contributed by atoms with Gasteiger partial charge in [-0.1, -0.05) is 12.8 Å². The maximum atomic E-state index is 3.47. The summed E-state index contributed by atoms with van der Waals surface area (Å²) in [4.78, 5) is 0. The number of hydrogen-bond donors (Lipinski definition) is 1. The van der Waals surface area contributed by atoms with Gasteiger partial charge < -0.3 is 5.32 Å². The van der Waals surface area contributed by atoms with Crippen LogP contribution < -0.4 is 5.32 Å². The van der Waals surface area contributed by atoms with Crippen LogP contribution in [0.25, 0.3) is 0 Å². The molecule has 1 heteroatoms. The Morgan fingerprint density at radius 1 is 1.25 bits per heavy atom. The Hall–Kier alpha value is -0.480. The zero-order valence-electron chi connectivity index (χ0n) is 8.19. The molecule has 1 nitrogen and oxygen atoms in total. The highest BCUT2D eigenvalue weighted by Crippen LogP contribution is 2.22. The maximum Gasteiger partial charge on any atom is 0.0578 e. The van der Waals surface area contributed by atoms with Crippen molar-refractivity contribution < 1.29 is 0 Å². The second-order valence-corrected chi connectivity index (χ2v) is 3.76. The van der Waals surface area contributed by atoms with Gasteiger partial charge in [-0.25, -0.2) is 0 Å². The van der Waals surface area contributed by atoms with E-state index in [1.54, 1.807) is 0 Å². The van der Waals surface area contributed by atoms with Crippen LogP contribution >= 0.6 is 0 Å². The zero-order chi connectivity index (χ0) is 8.81. The van der Waals surface area contributed by atoms with Crippen LogP contribution in [0.5, 0.6) is 0 Å². The van der Waals surface area contributed by atoms with Gasteiger partial charge in [-0.15, -0.1) is 5.92 Å². The van der Waals surface area contributed by atoms with Crippen molar-refractivity contribution >= 4 is 0 Å². The van der Waals surface area contributed by atoms with Crippen molar-refractivity contribution in [2.75, 3.05) is 6.54 Å². The molecule has 0 aliphatic heterocycles. The van der Waals surface area contributed by atoms with Gasteiger partial charge in [0.25, 0.3) is 0 Å². The zero-order valence-corrected chi connectivity index (χ0v) is 8.19. The molecule has 0 amide bonds. The molecule has 0 unspecified atom stereocenters. The molecule has 1 saturated carbocycles. The minimum Gasteiger partial charge on any atom is -0.303 e. The number of rotatable bonds is 2. The molecule has 12 heavy (non-hydrogen) atoms. The summed E-state index contributed by atoms with van der Waals surface area (Å²) in [5.74, 6) is 6.89. The lowest BCUT2D eigenvalue weighted by atomic mass is 9.87. The Labute approximate surface area is 75.9 Å². The Morgan fingerprint density at radius 2 is 1.92 bits per heavy atom. The lowest BCUT2D eigenvalue weighted by Gasteiger charge is -2.26. The van der Waals surface area contributed by atoms with Crippen LogP contribution in [0.4, 0.5) is 0 Å². The Bertz CT molecular complexity index is 167. The third kappa shape index (κ3) is 3.28. The van der Waals surface area contributed by atoms with Crippen molar-refractivity contribution in [3.05, 3.63) is 0 Å². The topological polar surface area (TPSA) is 12.0 Å². The van der Waals surface area contributed by atoms with E-state index in [4.69, 9.17) is 0 Å². The van der Waals surface area contributed by atoms with Crippen LogP contribution in [0.3, 0.4) is 0 Å². The van der Waals surface area contributed by atoms with E-state index in [2.05, 4.69) is 24.1 Å². The quantitative estimate of drug-likeness (QED) is 0.618. The van der Waals surface area contributed by atoms with Gasteiger partial charge in [0.1, 0.15) is 0 Å². The summed E-state index contributed by atoms with van der Waals surface area (Å²) in [7, 11) is 0. The van der Waals surface area contributed by atoms with Crippen molar-refractivity contribution in [3.63, 3.8) is 0 Å². The first-order valence-corrected chi connectivity index (χ1v) is 4.96. The Balaban J connectivity index is 2.12. The fraction of sp³-hybridized carbons (Fsp3) is 0.818. The van der Waals surface area contributed by atoms with Crippen molar-refractivity contribution in [1.29, 1.82) is 0 Å². The lowest BCUT2D eigenvalue weighted by Crippen LogP contribution is -2.32. The summed E-state index contributed by atoms with van der Waals surface area (Å²) in [6.45, 7) is 5.11. The highest BCUT2D eigenvalue weighted by atomic mass is 14.9. The molecule has 1 aliphatic carbocycles. The third-order valence-corrected chi connectivity index (χ3v) is 2.67. The summed E-state index contributed by atoms with van der Waals surface area (Å²) in [6.07, 6.45) is 5.45. The maximum absolute atomic E-state index is 3.47. The van der Waals surface area contributed by atoms with Crippen molar-refractivity contribution in [1.82, 2.24) is 5.32 Å². The van der Waals surface area contributed by atoms with E-state index in [9.17, 15) is 0 Å². The molecule has 1 fully saturated rings.